The van der Waals surface area contributed by atoms with Crippen molar-refractivity contribution >= 4 is 17.6 Å². The van der Waals surface area contributed by atoms with Crippen LogP contribution < -0.4 is 4.90 Å². The van der Waals surface area contributed by atoms with Crippen LogP contribution in [-0.2, 0) is 5.88 Å². The topological polar surface area (TPSA) is 29.3 Å². The fraction of sp³-hybridized carbons (Fsp3) is 0.750. The first-order valence-corrected chi connectivity index (χ1v) is 6.58. The average Bonchev–Trinajstić information content (AvgIpc) is 2.62. The van der Waals surface area contributed by atoms with Crippen molar-refractivity contribution in [1.82, 2.24) is 4.98 Å². The second-order valence-corrected chi connectivity index (χ2v) is 4.78. The molecule has 1 aliphatic carbocycles. The Kier molecular flexibility index (Phi) is 4.10. The number of aromatic nitrogens is 1. The van der Waals surface area contributed by atoms with Crippen molar-refractivity contribution in [2.24, 2.45) is 0 Å². The van der Waals surface area contributed by atoms with Crippen molar-refractivity contribution in [2.75, 3.05) is 11.9 Å². The molecule has 4 heteroatoms. The number of anilines is 1. The molecule has 0 bridgehead atoms. The van der Waals surface area contributed by atoms with Crippen LogP contribution in [0.15, 0.2) is 10.7 Å². The minimum atomic E-state index is 0.419. The maximum absolute atomic E-state index is 5.72. The number of hydrogen-bond donors (Lipinski definition) is 0. The van der Waals surface area contributed by atoms with Gasteiger partial charge in [-0.1, -0.05) is 25.7 Å². The van der Waals surface area contributed by atoms with Gasteiger partial charge in [-0.05, 0) is 12.8 Å². The van der Waals surface area contributed by atoms with E-state index >= 15 is 0 Å². The van der Waals surface area contributed by atoms with Crippen molar-refractivity contribution < 1.29 is 4.42 Å². The summed E-state index contributed by atoms with van der Waals surface area (Å²) in [6.07, 6.45) is 9.50. The molecular weight excluding hydrogens is 224 g/mol. The highest BCUT2D eigenvalue weighted by molar-refractivity contribution is 6.16. The fourth-order valence-electron chi connectivity index (χ4n) is 2.32. The van der Waals surface area contributed by atoms with Crippen LogP contribution in [0.5, 0.6) is 0 Å². The highest BCUT2D eigenvalue weighted by Gasteiger charge is 2.20. The van der Waals surface area contributed by atoms with E-state index in [0.717, 1.165) is 5.69 Å². The SMILES string of the molecule is CN(c1nc(CCl)co1)C1CCCCCC1. The second kappa shape index (κ2) is 5.58. The normalized spacial score (nSPS) is 18.4. The van der Waals surface area contributed by atoms with Gasteiger partial charge in [0.1, 0.15) is 6.26 Å². The lowest BCUT2D eigenvalue weighted by molar-refractivity contribution is 0.481. The molecule has 1 heterocycles. The van der Waals surface area contributed by atoms with E-state index in [9.17, 15) is 0 Å². The van der Waals surface area contributed by atoms with Gasteiger partial charge in [-0.15, -0.1) is 11.6 Å². The molecule has 1 fully saturated rings. The van der Waals surface area contributed by atoms with Gasteiger partial charge in [0.15, 0.2) is 0 Å². The van der Waals surface area contributed by atoms with Crippen LogP contribution in [0.2, 0.25) is 0 Å². The van der Waals surface area contributed by atoms with Gasteiger partial charge in [0.2, 0.25) is 0 Å². The van der Waals surface area contributed by atoms with Gasteiger partial charge in [-0.3, -0.25) is 0 Å². The molecule has 2 rings (SSSR count). The van der Waals surface area contributed by atoms with Crippen LogP contribution in [0.4, 0.5) is 6.01 Å². The Labute approximate surface area is 102 Å². The minimum absolute atomic E-state index is 0.419. The van der Waals surface area contributed by atoms with Crippen LogP contribution in [0, 0.1) is 0 Å². The largest absolute Gasteiger partial charge is 0.432 e. The first kappa shape index (κ1) is 11.8. The summed E-state index contributed by atoms with van der Waals surface area (Å²) in [4.78, 5) is 6.53. The quantitative estimate of drug-likeness (QED) is 0.599. The predicted molar refractivity (Wildman–Crippen MR) is 66.0 cm³/mol. The smallest absolute Gasteiger partial charge is 0.297 e. The number of nitrogens with zero attached hydrogens (tertiary/aromatic N) is 2. The monoisotopic (exact) mass is 242 g/mol. The molecule has 0 aromatic carbocycles. The maximum Gasteiger partial charge on any atom is 0.297 e. The summed E-state index contributed by atoms with van der Waals surface area (Å²) < 4.78 is 5.44. The third-order valence-electron chi connectivity index (χ3n) is 3.35. The highest BCUT2D eigenvalue weighted by atomic mass is 35.5. The lowest BCUT2D eigenvalue weighted by Crippen LogP contribution is -2.31. The number of rotatable bonds is 3. The zero-order valence-electron chi connectivity index (χ0n) is 9.79. The van der Waals surface area contributed by atoms with Crippen molar-refractivity contribution in [3.63, 3.8) is 0 Å². The molecule has 0 unspecified atom stereocenters. The minimum Gasteiger partial charge on any atom is -0.432 e. The average molecular weight is 243 g/mol. The number of halogens is 1. The summed E-state index contributed by atoms with van der Waals surface area (Å²) >= 11 is 5.72. The molecule has 0 aliphatic heterocycles. The van der Waals surface area contributed by atoms with E-state index in [2.05, 4.69) is 16.9 Å². The first-order chi connectivity index (χ1) is 7.81. The standard InChI is InChI=1S/C12H19ClN2O/c1-15(11-6-4-2-3-5-7-11)12-14-10(8-13)9-16-12/h9,11H,2-8H2,1H3. The molecule has 1 aromatic heterocycles. The molecule has 0 N–H and O–H groups in total. The summed E-state index contributed by atoms with van der Waals surface area (Å²) in [6.45, 7) is 0. The van der Waals surface area contributed by atoms with E-state index in [1.807, 2.05) is 0 Å². The van der Waals surface area contributed by atoms with E-state index in [4.69, 9.17) is 16.0 Å². The van der Waals surface area contributed by atoms with Crippen LogP contribution in [0.1, 0.15) is 44.2 Å². The van der Waals surface area contributed by atoms with Gasteiger partial charge in [0.25, 0.3) is 6.01 Å². The Hall–Kier alpha value is -0.700. The zero-order valence-corrected chi connectivity index (χ0v) is 10.5. The Balaban J connectivity index is 2.01. The first-order valence-electron chi connectivity index (χ1n) is 6.04. The number of alkyl halides is 1. The summed E-state index contributed by atoms with van der Waals surface area (Å²) in [7, 11) is 2.07. The lowest BCUT2D eigenvalue weighted by atomic mass is 10.1. The molecular formula is C12H19ClN2O. The van der Waals surface area contributed by atoms with Crippen molar-refractivity contribution in [3.8, 4) is 0 Å². The Bertz CT molecular complexity index is 319. The molecule has 1 aliphatic rings. The molecule has 90 valence electrons. The summed E-state index contributed by atoms with van der Waals surface area (Å²) in [5.41, 5.74) is 0.817. The van der Waals surface area contributed by atoms with Gasteiger partial charge in [-0.2, -0.15) is 4.98 Å². The van der Waals surface area contributed by atoms with Crippen LogP contribution in [0.3, 0.4) is 0 Å². The fourth-order valence-corrected chi connectivity index (χ4v) is 2.44. The maximum atomic E-state index is 5.72. The van der Waals surface area contributed by atoms with Crippen molar-refractivity contribution in [2.45, 2.75) is 50.4 Å². The molecule has 0 spiro atoms. The molecule has 1 saturated carbocycles. The van der Waals surface area contributed by atoms with Crippen molar-refractivity contribution in [1.29, 1.82) is 0 Å². The molecule has 0 amide bonds. The second-order valence-electron chi connectivity index (χ2n) is 4.51. The number of oxazole rings is 1. The molecule has 0 radical (unpaired) electrons. The summed E-state index contributed by atoms with van der Waals surface area (Å²) in [5.74, 6) is 0.419. The predicted octanol–water partition coefficient (Wildman–Crippen LogP) is 3.57. The molecule has 0 saturated heterocycles. The van der Waals surface area contributed by atoms with Crippen LogP contribution in [-0.4, -0.2) is 18.1 Å². The van der Waals surface area contributed by atoms with Gasteiger partial charge in [0.05, 0.1) is 11.6 Å². The van der Waals surface area contributed by atoms with E-state index in [1.165, 1.54) is 38.5 Å². The van der Waals surface area contributed by atoms with Gasteiger partial charge in [0, 0.05) is 13.1 Å². The third-order valence-corrected chi connectivity index (χ3v) is 3.62. The zero-order chi connectivity index (χ0) is 11.4. The van der Waals surface area contributed by atoms with Crippen LogP contribution in [0.25, 0.3) is 0 Å². The van der Waals surface area contributed by atoms with Crippen molar-refractivity contribution in [3.05, 3.63) is 12.0 Å². The van der Waals surface area contributed by atoms with Gasteiger partial charge in [-0.25, -0.2) is 0 Å². The molecule has 16 heavy (non-hydrogen) atoms. The molecule has 1 aromatic rings. The highest BCUT2D eigenvalue weighted by Crippen LogP contribution is 2.25. The van der Waals surface area contributed by atoms with E-state index in [0.29, 0.717) is 17.9 Å². The Morgan fingerprint density at radius 1 is 1.38 bits per heavy atom. The lowest BCUT2D eigenvalue weighted by Gasteiger charge is -2.25. The van der Waals surface area contributed by atoms with E-state index in [-0.39, 0.29) is 0 Å². The Morgan fingerprint density at radius 3 is 2.62 bits per heavy atom. The third kappa shape index (κ3) is 2.70. The van der Waals surface area contributed by atoms with Crippen LogP contribution >= 0.6 is 11.6 Å². The van der Waals surface area contributed by atoms with Gasteiger partial charge >= 0.3 is 0 Å². The summed E-state index contributed by atoms with van der Waals surface area (Å²) in [5, 5.41) is 0. The molecule has 3 nitrogen and oxygen atoms in total. The van der Waals surface area contributed by atoms with Gasteiger partial charge < -0.3 is 9.32 Å². The van der Waals surface area contributed by atoms with E-state index in [1.54, 1.807) is 6.26 Å². The number of hydrogen-bond acceptors (Lipinski definition) is 3. The Morgan fingerprint density at radius 2 is 2.06 bits per heavy atom. The van der Waals surface area contributed by atoms with E-state index < -0.39 is 0 Å². The molecule has 0 atom stereocenters. The summed E-state index contributed by atoms with van der Waals surface area (Å²) in [6, 6.07) is 1.28.